The molecule has 6 heteroatoms. The van der Waals surface area contributed by atoms with Crippen LogP contribution in [0, 0.1) is 6.92 Å². The molecule has 2 rings (SSSR count). The van der Waals surface area contributed by atoms with E-state index in [-0.39, 0.29) is 0 Å². The van der Waals surface area contributed by atoms with Gasteiger partial charge < -0.3 is 11.1 Å². The maximum absolute atomic E-state index is 11.3. The number of nitrogens with one attached hydrogen (secondary N) is 1. The summed E-state index contributed by atoms with van der Waals surface area (Å²) in [4.78, 5) is 15.4. The van der Waals surface area contributed by atoms with Gasteiger partial charge in [-0.2, -0.15) is 0 Å². The molecule has 0 aliphatic rings. The maximum Gasteiger partial charge on any atom is 0.252 e. The normalized spacial score (nSPS) is 10.1. The summed E-state index contributed by atoms with van der Waals surface area (Å²) in [6.45, 7) is 1.93. The molecule has 0 unspecified atom stereocenters. The standard InChI is InChI=1S/C12H13N5O/c1-7-3-8(6-15-5-7)10-4-9(11(13)18)12(14-2)17-16-10/h3-6H,1-2H3,(H2,13,18)(H,14,17). The fourth-order valence-corrected chi connectivity index (χ4v) is 1.60. The lowest BCUT2D eigenvalue weighted by atomic mass is 10.1. The quantitative estimate of drug-likeness (QED) is 0.838. The van der Waals surface area contributed by atoms with Crippen LogP contribution in [0.2, 0.25) is 0 Å². The van der Waals surface area contributed by atoms with Crippen molar-refractivity contribution >= 4 is 11.7 Å². The van der Waals surface area contributed by atoms with E-state index in [1.54, 1.807) is 25.5 Å². The number of carbonyl (C=O) groups excluding carboxylic acids is 1. The molecule has 18 heavy (non-hydrogen) atoms. The van der Waals surface area contributed by atoms with Gasteiger partial charge in [0.2, 0.25) is 0 Å². The van der Waals surface area contributed by atoms with Gasteiger partial charge in [0.15, 0.2) is 5.82 Å². The molecular formula is C12H13N5O. The van der Waals surface area contributed by atoms with E-state index in [4.69, 9.17) is 5.73 Å². The number of nitrogens with zero attached hydrogens (tertiary/aromatic N) is 3. The topological polar surface area (TPSA) is 93.8 Å². The van der Waals surface area contributed by atoms with Crippen LogP contribution in [0.15, 0.2) is 24.5 Å². The molecule has 3 N–H and O–H groups in total. The number of anilines is 1. The summed E-state index contributed by atoms with van der Waals surface area (Å²) in [5.74, 6) is -0.178. The van der Waals surface area contributed by atoms with E-state index in [2.05, 4.69) is 20.5 Å². The summed E-state index contributed by atoms with van der Waals surface area (Å²) in [6, 6.07) is 3.53. The molecule has 0 fully saturated rings. The number of amides is 1. The van der Waals surface area contributed by atoms with E-state index in [0.717, 1.165) is 11.1 Å². The van der Waals surface area contributed by atoms with Gasteiger partial charge in [-0.05, 0) is 24.6 Å². The third-order valence-corrected chi connectivity index (χ3v) is 2.47. The highest BCUT2D eigenvalue weighted by Crippen LogP contribution is 2.20. The number of rotatable bonds is 3. The Bertz CT molecular complexity index is 597. The van der Waals surface area contributed by atoms with Crippen molar-refractivity contribution in [1.82, 2.24) is 15.2 Å². The average Bonchev–Trinajstić information content (AvgIpc) is 2.38. The van der Waals surface area contributed by atoms with E-state index < -0.39 is 5.91 Å². The second kappa shape index (κ2) is 4.79. The molecule has 6 nitrogen and oxygen atoms in total. The van der Waals surface area contributed by atoms with E-state index in [1.807, 2.05) is 13.0 Å². The molecule has 0 aromatic carbocycles. The second-order valence-corrected chi connectivity index (χ2v) is 3.86. The van der Waals surface area contributed by atoms with Gasteiger partial charge in [-0.3, -0.25) is 9.78 Å². The molecule has 1 amide bonds. The van der Waals surface area contributed by atoms with Crippen molar-refractivity contribution in [3.63, 3.8) is 0 Å². The molecule has 2 heterocycles. The fraction of sp³-hybridized carbons (Fsp3) is 0.167. The van der Waals surface area contributed by atoms with Gasteiger partial charge in [0.1, 0.15) is 0 Å². The third-order valence-electron chi connectivity index (χ3n) is 2.47. The number of primary amides is 1. The van der Waals surface area contributed by atoms with Crippen LogP contribution in [0.1, 0.15) is 15.9 Å². The lowest BCUT2D eigenvalue weighted by Gasteiger charge is -2.06. The third kappa shape index (κ3) is 2.27. The van der Waals surface area contributed by atoms with Crippen molar-refractivity contribution < 1.29 is 4.79 Å². The second-order valence-electron chi connectivity index (χ2n) is 3.86. The van der Waals surface area contributed by atoms with Crippen LogP contribution in [-0.4, -0.2) is 28.1 Å². The highest BCUT2D eigenvalue weighted by atomic mass is 16.1. The van der Waals surface area contributed by atoms with Crippen LogP contribution in [0.25, 0.3) is 11.3 Å². The summed E-state index contributed by atoms with van der Waals surface area (Å²) in [6.07, 6.45) is 3.41. The van der Waals surface area contributed by atoms with Gasteiger partial charge >= 0.3 is 0 Å². The Labute approximate surface area is 104 Å². The first-order valence-corrected chi connectivity index (χ1v) is 5.39. The average molecular weight is 243 g/mol. The van der Waals surface area contributed by atoms with Gasteiger partial charge in [-0.25, -0.2) is 0 Å². The van der Waals surface area contributed by atoms with E-state index in [0.29, 0.717) is 17.1 Å². The van der Waals surface area contributed by atoms with E-state index in [9.17, 15) is 4.79 Å². The molecule has 0 bridgehead atoms. The molecule has 0 radical (unpaired) electrons. The molecule has 0 spiro atoms. The van der Waals surface area contributed by atoms with E-state index in [1.165, 1.54) is 0 Å². The zero-order valence-corrected chi connectivity index (χ0v) is 10.1. The molecule has 0 saturated heterocycles. The zero-order valence-electron chi connectivity index (χ0n) is 10.1. The molecule has 0 aliphatic heterocycles. The van der Waals surface area contributed by atoms with Crippen LogP contribution in [-0.2, 0) is 0 Å². The smallest absolute Gasteiger partial charge is 0.252 e. The Balaban J connectivity index is 2.53. The Morgan fingerprint density at radius 1 is 1.28 bits per heavy atom. The van der Waals surface area contributed by atoms with Crippen LogP contribution in [0.5, 0.6) is 0 Å². The first kappa shape index (κ1) is 12.0. The molecule has 2 aromatic heterocycles. The summed E-state index contributed by atoms with van der Waals surface area (Å²) in [7, 11) is 1.66. The molecule has 0 saturated carbocycles. The number of aryl methyl sites for hydroxylation is 1. The lowest BCUT2D eigenvalue weighted by Crippen LogP contribution is -2.15. The van der Waals surface area contributed by atoms with Crippen molar-refractivity contribution in [1.29, 1.82) is 0 Å². The Hall–Kier alpha value is -2.50. The summed E-state index contributed by atoms with van der Waals surface area (Å²) in [5.41, 5.74) is 7.99. The van der Waals surface area contributed by atoms with Crippen molar-refractivity contribution in [3.05, 3.63) is 35.7 Å². The van der Waals surface area contributed by atoms with Crippen molar-refractivity contribution in [2.24, 2.45) is 5.73 Å². The van der Waals surface area contributed by atoms with Crippen LogP contribution in [0.4, 0.5) is 5.82 Å². The summed E-state index contributed by atoms with van der Waals surface area (Å²) in [5, 5.41) is 10.8. The first-order chi connectivity index (χ1) is 8.61. The van der Waals surface area contributed by atoms with Crippen molar-refractivity contribution in [2.75, 3.05) is 12.4 Å². The summed E-state index contributed by atoms with van der Waals surface area (Å²) < 4.78 is 0. The molecule has 2 aromatic rings. The van der Waals surface area contributed by atoms with Gasteiger partial charge in [-0.15, -0.1) is 10.2 Å². The van der Waals surface area contributed by atoms with Crippen LogP contribution < -0.4 is 11.1 Å². The molecule has 0 aliphatic carbocycles. The highest BCUT2D eigenvalue weighted by Gasteiger charge is 2.12. The minimum Gasteiger partial charge on any atom is -0.371 e. The summed E-state index contributed by atoms with van der Waals surface area (Å²) >= 11 is 0. The largest absolute Gasteiger partial charge is 0.371 e. The van der Waals surface area contributed by atoms with Crippen molar-refractivity contribution in [3.8, 4) is 11.3 Å². The van der Waals surface area contributed by atoms with Gasteiger partial charge in [0.25, 0.3) is 5.91 Å². The van der Waals surface area contributed by atoms with Crippen LogP contribution >= 0.6 is 0 Å². The van der Waals surface area contributed by atoms with Gasteiger partial charge in [-0.1, -0.05) is 0 Å². The molecular weight excluding hydrogens is 230 g/mol. The van der Waals surface area contributed by atoms with Gasteiger partial charge in [0.05, 0.1) is 11.3 Å². The predicted octanol–water partition coefficient (Wildman–Crippen LogP) is 0.988. The predicted molar refractivity (Wildman–Crippen MR) is 68.1 cm³/mol. The minimum atomic E-state index is -0.545. The van der Waals surface area contributed by atoms with Gasteiger partial charge in [0, 0.05) is 25.0 Å². The minimum absolute atomic E-state index is 0.309. The highest BCUT2D eigenvalue weighted by molar-refractivity contribution is 5.98. The Kier molecular flexibility index (Phi) is 3.18. The first-order valence-electron chi connectivity index (χ1n) is 5.39. The Morgan fingerprint density at radius 3 is 2.67 bits per heavy atom. The maximum atomic E-state index is 11.3. The lowest BCUT2D eigenvalue weighted by molar-refractivity contribution is 0.100. The number of nitrogens with two attached hydrogens (primary N) is 1. The van der Waals surface area contributed by atoms with E-state index >= 15 is 0 Å². The van der Waals surface area contributed by atoms with Crippen LogP contribution in [0.3, 0.4) is 0 Å². The monoisotopic (exact) mass is 243 g/mol. The molecule has 0 atom stereocenters. The number of carbonyl (C=O) groups is 1. The number of hydrogen-bond acceptors (Lipinski definition) is 5. The fourth-order valence-electron chi connectivity index (χ4n) is 1.60. The van der Waals surface area contributed by atoms with Crippen molar-refractivity contribution in [2.45, 2.75) is 6.92 Å². The number of hydrogen-bond donors (Lipinski definition) is 2. The number of pyridine rings is 1. The Morgan fingerprint density at radius 2 is 2.06 bits per heavy atom. The number of aromatic nitrogens is 3. The molecule has 92 valence electrons. The zero-order chi connectivity index (χ0) is 13.1. The SMILES string of the molecule is CNc1nnc(-c2cncc(C)c2)cc1C(N)=O.